The second kappa shape index (κ2) is 10.2. The van der Waals surface area contributed by atoms with Gasteiger partial charge in [0.25, 0.3) is 0 Å². The van der Waals surface area contributed by atoms with Crippen LogP contribution in [0.25, 0.3) is 0 Å². The summed E-state index contributed by atoms with van der Waals surface area (Å²) in [5, 5.41) is 12.0. The van der Waals surface area contributed by atoms with Gasteiger partial charge in [0.1, 0.15) is 0 Å². The van der Waals surface area contributed by atoms with Crippen molar-refractivity contribution in [3.63, 3.8) is 0 Å². The van der Waals surface area contributed by atoms with Gasteiger partial charge in [-0.2, -0.15) is 15.0 Å². The summed E-state index contributed by atoms with van der Waals surface area (Å²) in [4.78, 5) is 17.0. The van der Waals surface area contributed by atoms with Gasteiger partial charge in [0, 0.05) is 41.3 Å². The van der Waals surface area contributed by atoms with Crippen LogP contribution in [0.5, 0.6) is 0 Å². The highest BCUT2D eigenvalue weighted by atomic mass is 16.2. The lowest BCUT2D eigenvalue weighted by Gasteiger charge is -2.16. The molecule has 1 heterocycles. The normalized spacial score (nSPS) is 10.6. The molecule has 22 heavy (non-hydrogen) atoms. The Morgan fingerprint density at radius 2 is 1.27 bits per heavy atom. The maximum absolute atomic E-state index is 8.72. The van der Waals surface area contributed by atoms with Crippen LogP contribution in [0.2, 0.25) is 0 Å². The molecule has 1 aromatic rings. The van der Waals surface area contributed by atoms with Gasteiger partial charge >= 0.3 is 0 Å². The molecule has 1 aromatic heterocycles. The van der Waals surface area contributed by atoms with E-state index in [4.69, 9.17) is 5.11 Å². The first-order chi connectivity index (χ1) is 10.5. The Bertz CT molecular complexity index is 398. The van der Waals surface area contributed by atoms with E-state index in [9.17, 15) is 0 Å². The first-order valence-electron chi connectivity index (χ1n) is 8.00. The zero-order valence-corrected chi connectivity index (χ0v) is 14.3. The Labute approximate surface area is 133 Å². The molecule has 0 aromatic carbocycles. The molecule has 0 bridgehead atoms. The van der Waals surface area contributed by atoms with Crippen molar-refractivity contribution in [1.82, 2.24) is 15.0 Å². The average Bonchev–Trinajstić information content (AvgIpc) is 2.49. The highest BCUT2D eigenvalue weighted by Gasteiger charge is 2.09. The molecule has 0 atom stereocenters. The lowest BCUT2D eigenvalue weighted by molar-refractivity contribution is 0.282. The van der Waals surface area contributed by atoms with Crippen LogP contribution in [0, 0.1) is 0 Å². The molecule has 2 N–H and O–H groups in total. The first kappa shape index (κ1) is 18.4. The third-order valence-electron chi connectivity index (χ3n) is 3.28. The number of hydrogen-bond donors (Lipinski definition) is 2. The maximum Gasteiger partial charge on any atom is 0.231 e. The Morgan fingerprint density at radius 1 is 0.773 bits per heavy atom. The monoisotopic (exact) mass is 310 g/mol. The van der Waals surface area contributed by atoms with E-state index in [0.717, 1.165) is 25.8 Å². The summed E-state index contributed by atoms with van der Waals surface area (Å²) >= 11 is 0. The molecule has 0 amide bonds. The van der Waals surface area contributed by atoms with Gasteiger partial charge < -0.3 is 20.2 Å². The largest absolute Gasteiger partial charge is 0.396 e. The van der Waals surface area contributed by atoms with E-state index in [2.05, 4.69) is 20.3 Å². The van der Waals surface area contributed by atoms with Crippen LogP contribution in [0.15, 0.2) is 0 Å². The number of aliphatic hydroxyl groups excluding tert-OH is 1. The van der Waals surface area contributed by atoms with Gasteiger partial charge in [0.2, 0.25) is 17.8 Å². The van der Waals surface area contributed by atoms with Crippen LogP contribution in [0.4, 0.5) is 17.8 Å². The smallest absolute Gasteiger partial charge is 0.231 e. The maximum atomic E-state index is 8.72. The summed E-state index contributed by atoms with van der Waals surface area (Å²) in [5.41, 5.74) is 0. The van der Waals surface area contributed by atoms with Crippen molar-refractivity contribution in [1.29, 1.82) is 0 Å². The van der Waals surface area contributed by atoms with Gasteiger partial charge in [-0.05, 0) is 12.8 Å². The third kappa shape index (κ3) is 6.89. The van der Waals surface area contributed by atoms with Gasteiger partial charge in [-0.3, -0.25) is 0 Å². The number of rotatable bonds is 11. The van der Waals surface area contributed by atoms with E-state index in [0.29, 0.717) is 24.5 Å². The van der Waals surface area contributed by atoms with Gasteiger partial charge in [0.05, 0.1) is 0 Å². The molecule has 0 aliphatic heterocycles. The molecule has 7 heteroatoms. The van der Waals surface area contributed by atoms with Gasteiger partial charge in [0.15, 0.2) is 0 Å². The van der Waals surface area contributed by atoms with E-state index in [1.165, 1.54) is 19.3 Å². The number of nitrogens with one attached hydrogen (secondary N) is 1. The minimum absolute atomic E-state index is 0.309. The predicted octanol–water partition coefficient (Wildman–Crippen LogP) is 1.75. The molecule has 0 saturated heterocycles. The summed E-state index contributed by atoms with van der Waals surface area (Å²) in [6.07, 6.45) is 6.73. The van der Waals surface area contributed by atoms with Crippen molar-refractivity contribution in [2.75, 3.05) is 56.5 Å². The molecular formula is C15H30N6O. The summed E-state index contributed by atoms with van der Waals surface area (Å²) in [5.74, 6) is 1.94. The summed E-state index contributed by atoms with van der Waals surface area (Å²) in [6, 6.07) is 0. The number of aliphatic hydroxyl groups is 1. The number of anilines is 3. The van der Waals surface area contributed by atoms with E-state index >= 15 is 0 Å². The van der Waals surface area contributed by atoms with E-state index in [1.807, 2.05) is 38.0 Å². The van der Waals surface area contributed by atoms with Crippen LogP contribution in [-0.4, -0.2) is 61.4 Å². The van der Waals surface area contributed by atoms with E-state index in [1.54, 1.807) is 0 Å². The molecule has 0 unspecified atom stereocenters. The van der Waals surface area contributed by atoms with Crippen LogP contribution >= 0.6 is 0 Å². The number of hydrogen-bond acceptors (Lipinski definition) is 7. The molecule has 7 nitrogen and oxygen atoms in total. The Balaban J connectivity index is 2.38. The van der Waals surface area contributed by atoms with Crippen molar-refractivity contribution >= 4 is 17.8 Å². The first-order valence-corrected chi connectivity index (χ1v) is 8.00. The fourth-order valence-electron chi connectivity index (χ4n) is 1.98. The highest BCUT2D eigenvalue weighted by molar-refractivity contribution is 5.43. The van der Waals surface area contributed by atoms with Gasteiger partial charge in [-0.15, -0.1) is 0 Å². The summed E-state index contributed by atoms with van der Waals surface area (Å²) in [7, 11) is 7.69. The molecule has 0 saturated carbocycles. The summed E-state index contributed by atoms with van der Waals surface area (Å²) < 4.78 is 0. The number of unbranched alkanes of at least 4 members (excludes halogenated alkanes) is 5. The van der Waals surface area contributed by atoms with Crippen molar-refractivity contribution in [3.05, 3.63) is 0 Å². The fourth-order valence-corrected chi connectivity index (χ4v) is 1.98. The molecule has 0 spiro atoms. The van der Waals surface area contributed by atoms with Crippen LogP contribution in [-0.2, 0) is 0 Å². The topological polar surface area (TPSA) is 77.4 Å². The van der Waals surface area contributed by atoms with Crippen molar-refractivity contribution in [2.24, 2.45) is 0 Å². The molecule has 0 fully saturated rings. The van der Waals surface area contributed by atoms with Gasteiger partial charge in [-0.1, -0.05) is 25.7 Å². The predicted molar refractivity (Wildman–Crippen MR) is 91.8 cm³/mol. The molecular weight excluding hydrogens is 280 g/mol. The lowest BCUT2D eigenvalue weighted by Crippen LogP contribution is -2.20. The average molecular weight is 310 g/mol. The molecule has 126 valence electrons. The number of aromatic nitrogens is 3. The fraction of sp³-hybridized carbons (Fsp3) is 0.800. The summed E-state index contributed by atoms with van der Waals surface area (Å²) in [6.45, 7) is 1.17. The third-order valence-corrected chi connectivity index (χ3v) is 3.28. The van der Waals surface area contributed by atoms with Crippen molar-refractivity contribution in [3.8, 4) is 0 Å². The number of nitrogens with zero attached hydrogens (tertiary/aromatic N) is 5. The second-order valence-electron chi connectivity index (χ2n) is 5.82. The van der Waals surface area contributed by atoms with Crippen LogP contribution < -0.4 is 15.1 Å². The molecule has 1 rings (SSSR count). The van der Waals surface area contributed by atoms with Crippen LogP contribution in [0.3, 0.4) is 0 Å². The standard InChI is InChI=1S/C15H30N6O/c1-20(2)14-17-13(18-15(19-14)21(3)4)16-11-9-7-5-6-8-10-12-22/h22H,5-12H2,1-4H3,(H,16,17,18,19). The van der Waals surface area contributed by atoms with E-state index < -0.39 is 0 Å². The SMILES string of the molecule is CN(C)c1nc(NCCCCCCCCO)nc(N(C)C)n1. The zero-order valence-electron chi connectivity index (χ0n) is 14.3. The molecule has 0 aliphatic rings. The van der Waals surface area contributed by atoms with Gasteiger partial charge in [-0.25, -0.2) is 0 Å². The highest BCUT2D eigenvalue weighted by Crippen LogP contribution is 2.13. The van der Waals surface area contributed by atoms with Crippen LogP contribution in [0.1, 0.15) is 38.5 Å². The van der Waals surface area contributed by atoms with Crippen molar-refractivity contribution < 1.29 is 5.11 Å². The van der Waals surface area contributed by atoms with E-state index in [-0.39, 0.29) is 0 Å². The lowest BCUT2D eigenvalue weighted by atomic mass is 10.1. The minimum atomic E-state index is 0.309. The quantitative estimate of drug-likeness (QED) is 0.603. The molecule has 0 aliphatic carbocycles. The van der Waals surface area contributed by atoms with Crippen molar-refractivity contribution in [2.45, 2.75) is 38.5 Å². The Kier molecular flexibility index (Phi) is 8.50. The Morgan fingerprint density at radius 3 is 1.77 bits per heavy atom. The second-order valence-corrected chi connectivity index (χ2v) is 5.82. The minimum Gasteiger partial charge on any atom is -0.396 e. The molecule has 0 radical (unpaired) electrons. The zero-order chi connectivity index (χ0) is 16.4. The Hall–Kier alpha value is -1.63.